The van der Waals surface area contributed by atoms with Crippen molar-refractivity contribution in [3.05, 3.63) is 24.3 Å². The minimum Gasteiger partial charge on any atom is -0.378 e. The van der Waals surface area contributed by atoms with Gasteiger partial charge in [0.25, 0.3) is 0 Å². The first kappa shape index (κ1) is 17.3. The van der Waals surface area contributed by atoms with Gasteiger partial charge in [-0.05, 0) is 24.3 Å². The molecule has 130 valence electrons. The maximum atomic E-state index is 12.0. The number of aliphatic imine (C=N–C) groups is 1. The number of carbonyl (C=O) groups is 1. The zero-order valence-corrected chi connectivity index (χ0v) is 15.6. The lowest BCUT2D eigenvalue weighted by atomic mass is 10.2. The molecule has 1 aromatic rings. The Labute approximate surface area is 146 Å². The van der Waals surface area contributed by atoms with Crippen molar-refractivity contribution in [2.75, 3.05) is 35.4 Å². The van der Waals surface area contributed by atoms with Crippen LogP contribution in [0.5, 0.6) is 0 Å². The quantitative estimate of drug-likeness (QED) is 0.811. The molecule has 3 rings (SSSR count). The molecule has 1 aromatic carbocycles. The number of carbonyl (C=O) groups excluding carboxylic acids is 1. The van der Waals surface area contributed by atoms with E-state index in [2.05, 4.69) is 4.99 Å². The molecule has 0 N–H and O–H groups in total. The molecule has 0 aliphatic carbocycles. The van der Waals surface area contributed by atoms with Crippen LogP contribution in [-0.4, -0.2) is 56.4 Å². The summed E-state index contributed by atoms with van der Waals surface area (Å²) in [4.78, 5) is 19.9. The zero-order valence-electron chi connectivity index (χ0n) is 14.0. The van der Waals surface area contributed by atoms with Crippen LogP contribution in [0.1, 0.15) is 13.3 Å². The number of amidine groups is 1. The van der Waals surface area contributed by atoms with Crippen LogP contribution in [-0.2, 0) is 14.6 Å². The Morgan fingerprint density at radius 1 is 1.29 bits per heavy atom. The summed E-state index contributed by atoms with van der Waals surface area (Å²) < 4.78 is 24.0. The highest BCUT2D eigenvalue weighted by Gasteiger charge is 2.49. The van der Waals surface area contributed by atoms with Crippen molar-refractivity contribution >= 4 is 44.0 Å². The summed E-state index contributed by atoms with van der Waals surface area (Å²) in [7, 11) is 0.895. The second-order valence-electron chi connectivity index (χ2n) is 6.22. The molecule has 2 atom stereocenters. The van der Waals surface area contributed by atoms with Gasteiger partial charge in [0.05, 0.1) is 17.5 Å². The van der Waals surface area contributed by atoms with Gasteiger partial charge in [-0.3, -0.25) is 4.79 Å². The summed E-state index contributed by atoms with van der Waals surface area (Å²) in [6.45, 7) is 1.77. The number of fused-ring (bicyclic) bond motifs is 1. The predicted octanol–water partition coefficient (Wildman–Crippen LogP) is 1.76. The minimum absolute atomic E-state index is 0.0630. The zero-order chi connectivity index (χ0) is 17.5. The number of benzene rings is 1. The third-order valence-electron chi connectivity index (χ3n) is 4.23. The molecule has 0 radical (unpaired) electrons. The average Bonchev–Trinajstić information content (AvgIpc) is 2.98. The highest BCUT2D eigenvalue weighted by molar-refractivity contribution is 8.16. The minimum atomic E-state index is -3.04. The molecule has 2 saturated heterocycles. The van der Waals surface area contributed by atoms with E-state index >= 15 is 0 Å². The van der Waals surface area contributed by atoms with Gasteiger partial charge in [-0.1, -0.05) is 18.7 Å². The Kier molecular flexibility index (Phi) is 4.61. The molecular weight excluding hydrogens is 346 g/mol. The molecule has 2 aliphatic heterocycles. The van der Waals surface area contributed by atoms with Crippen molar-refractivity contribution in [3.8, 4) is 0 Å². The number of thioether (sulfide) groups is 1. The highest BCUT2D eigenvalue weighted by Crippen LogP contribution is 2.41. The average molecular weight is 367 g/mol. The Morgan fingerprint density at radius 2 is 1.96 bits per heavy atom. The normalized spacial score (nSPS) is 26.6. The van der Waals surface area contributed by atoms with Gasteiger partial charge in [0.15, 0.2) is 15.0 Å². The number of sulfone groups is 1. The van der Waals surface area contributed by atoms with E-state index in [0.717, 1.165) is 11.4 Å². The topological polar surface area (TPSA) is 70.0 Å². The van der Waals surface area contributed by atoms with Crippen LogP contribution in [0.4, 0.5) is 11.4 Å². The van der Waals surface area contributed by atoms with E-state index in [0.29, 0.717) is 11.6 Å². The Hall–Kier alpha value is -1.54. The van der Waals surface area contributed by atoms with Gasteiger partial charge in [-0.2, -0.15) is 4.99 Å². The first-order chi connectivity index (χ1) is 11.3. The Balaban J connectivity index is 1.98. The van der Waals surface area contributed by atoms with Crippen LogP contribution in [0, 0.1) is 0 Å². The first-order valence-corrected chi connectivity index (χ1v) is 10.6. The van der Waals surface area contributed by atoms with Crippen LogP contribution in [0.25, 0.3) is 0 Å². The van der Waals surface area contributed by atoms with Gasteiger partial charge >= 0.3 is 0 Å². The summed E-state index contributed by atoms with van der Waals surface area (Å²) in [5.74, 6) is 0.0724. The van der Waals surface area contributed by atoms with Gasteiger partial charge < -0.3 is 9.80 Å². The fourth-order valence-electron chi connectivity index (χ4n) is 2.96. The fourth-order valence-corrected chi connectivity index (χ4v) is 6.89. The summed E-state index contributed by atoms with van der Waals surface area (Å²) in [5, 5.41) is 0.552. The number of nitrogens with zero attached hydrogens (tertiary/aromatic N) is 3. The van der Waals surface area contributed by atoms with E-state index in [9.17, 15) is 13.2 Å². The van der Waals surface area contributed by atoms with Gasteiger partial charge in [0.1, 0.15) is 0 Å². The molecule has 24 heavy (non-hydrogen) atoms. The van der Waals surface area contributed by atoms with Crippen LogP contribution in [0.3, 0.4) is 0 Å². The predicted molar refractivity (Wildman–Crippen MR) is 99.8 cm³/mol. The lowest BCUT2D eigenvalue weighted by Crippen LogP contribution is -2.37. The molecule has 0 saturated carbocycles. The van der Waals surface area contributed by atoms with Gasteiger partial charge in [-0.25, -0.2) is 8.42 Å². The molecular formula is C16H21N3O3S2. The molecule has 8 heteroatoms. The van der Waals surface area contributed by atoms with Gasteiger partial charge in [0.2, 0.25) is 5.91 Å². The molecule has 0 aromatic heterocycles. The van der Waals surface area contributed by atoms with Crippen LogP contribution in [0.15, 0.2) is 29.3 Å². The number of rotatable bonds is 3. The number of hydrogen-bond acceptors (Lipinski definition) is 5. The highest BCUT2D eigenvalue weighted by atomic mass is 32.2. The first-order valence-electron chi connectivity index (χ1n) is 7.86. The van der Waals surface area contributed by atoms with Crippen LogP contribution < -0.4 is 9.80 Å². The maximum absolute atomic E-state index is 12.0. The van der Waals surface area contributed by atoms with Crippen molar-refractivity contribution in [1.29, 1.82) is 0 Å². The van der Waals surface area contributed by atoms with Gasteiger partial charge in [0, 0.05) is 37.1 Å². The van der Waals surface area contributed by atoms with E-state index in [1.807, 2.05) is 48.2 Å². The third kappa shape index (κ3) is 3.30. The molecule has 0 spiro atoms. The third-order valence-corrected chi connectivity index (χ3v) is 7.44. The molecule has 0 bridgehead atoms. The lowest BCUT2D eigenvalue weighted by molar-refractivity contribution is -0.117. The summed E-state index contributed by atoms with van der Waals surface area (Å²) in [6, 6.07) is 7.71. The smallest absolute Gasteiger partial charge is 0.247 e. The van der Waals surface area contributed by atoms with E-state index in [-0.39, 0.29) is 28.7 Å². The molecule has 2 heterocycles. The number of amides is 1. The summed E-state index contributed by atoms with van der Waals surface area (Å²) in [6.07, 6.45) is 0.338. The monoisotopic (exact) mass is 367 g/mol. The van der Waals surface area contributed by atoms with Crippen molar-refractivity contribution in [2.24, 2.45) is 4.99 Å². The Bertz CT molecular complexity index is 772. The number of hydrogen-bond donors (Lipinski definition) is 0. The van der Waals surface area contributed by atoms with Gasteiger partial charge in [-0.15, -0.1) is 0 Å². The van der Waals surface area contributed by atoms with Crippen molar-refractivity contribution in [3.63, 3.8) is 0 Å². The van der Waals surface area contributed by atoms with E-state index < -0.39 is 9.84 Å². The largest absolute Gasteiger partial charge is 0.378 e. The molecule has 1 amide bonds. The molecule has 6 nitrogen and oxygen atoms in total. The SMILES string of the molecule is CCC(=O)N=C1S[C@H]2CS(=O)(=O)C[C@H]2N1c1ccc(N(C)C)cc1. The Morgan fingerprint density at radius 3 is 2.54 bits per heavy atom. The van der Waals surface area contributed by atoms with Crippen molar-refractivity contribution in [1.82, 2.24) is 0 Å². The van der Waals surface area contributed by atoms with E-state index in [1.165, 1.54) is 11.8 Å². The second kappa shape index (κ2) is 6.40. The fraction of sp³-hybridized carbons (Fsp3) is 0.500. The van der Waals surface area contributed by atoms with E-state index in [4.69, 9.17) is 0 Å². The molecule has 2 aliphatic rings. The van der Waals surface area contributed by atoms with Crippen molar-refractivity contribution < 1.29 is 13.2 Å². The second-order valence-corrected chi connectivity index (χ2v) is 9.58. The van der Waals surface area contributed by atoms with E-state index in [1.54, 1.807) is 6.92 Å². The maximum Gasteiger partial charge on any atom is 0.247 e. The van der Waals surface area contributed by atoms with Crippen molar-refractivity contribution in [2.45, 2.75) is 24.6 Å². The number of anilines is 2. The molecule has 0 unspecified atom stereocenters. The summed E-state index contributed by atoms with van der Waals surface area (Å²) in [5.41, 5.74) is 1.93. The lowest BCUT2D eigenvalue weighted by Gasteiger charge is -2.25. The summed E-state index contributed by atoms with van der Waals surface area (Å²) >= 11 is 1.41. The van der Waals surface area contributed by atoms with Crippen LogP contribution in [0.2, 0.25) is 0 Å². The standard InChI is InChI=1S/C16H21N3O3S2/c1-4-15(20)17-16-19(12-7-5-11(6-8-12)18(2)3)13-9-24(21,22)10-14(13)23-16/h5-8,13-14H,4,9-10H2,1-3H3/t13-,14+/m1/s1. The molecule has 2 fully saturated rings. The van der Waals surface area contributed by atoms with Crippen LogP contribution >= 0.6 is 11.8 Å².